The van der Waals surface area contributed by atoms with Crippen molar-refractivity contribution in [1.82, 2.24) is 25.5 Å². The molecule has 2 bridgehead atoms. The number of phenolic OH excluding ortho intramolecular Hbond substituents is 1. The molecule has 2 unspecified atom stereocenters. The van der Waals surface area contributed by atoms with E-state index in [0.717, 1.165) is 24.2 Å². The quantitative estimate of drug-likeness (QED) is 0.345. The van der Waals surface area contributed by atoms with Gasteiger partial charge in [-0.15, -0.1) is 0 Å². The van der Waals surface area contributed by atoms with Gasteiger partial charge in [0.2, 0.25) is 11.9 Å². The van der Waals surface area contributed by atoms with Crippen molar-refractivity contribution in [3.63, 3.8) is 0 Å². The average molecular weight is 550 g/mol. The molecule has 1 saturated carbocycles. The first-order chi connectivity index (χ1) is 19.1. The number of carbonyl (C=O) groups excluding carboxylic acids is 2. The molecule has 4 aliphatic rings. The van der Waals surface area contributed by atoms with Gasteiger partial charge in [0.25, 0.3) is 5.91 Å². The Morgan fingerprint density at radius 3 is 2.60 bits per heavy atom. The van der Waals surface area contributed by atoms with Crippen molar-refractivity contribution in [2.24, 2.45) is 11.8 Å². The maximum absolute atomic E-state index is 13.4. The van der Waals surface area contributed by atoms with Crippen LogP contribution in [0, 0.1) is 11.8 Å². The van der Waals surface area contributed by atoms with E-state index in [9.17, 15) is 19.8 Å². The van der Waals surface area contributed by atoms with Gasteiger partial charge in [-0.2, -0.15) is 4.98 Å². The van der Waals surface area contributed by atoms with Gasteiger partial charge in [0.05, 0.1) is 12.1 Å². The van der Waals surface area contributed by atoms with Crippen LogP contribution in [0.5, 0.6) is 5.75 Å². The molecule has 6 rings (SSSR count). The van der Waals surface area contributed by atoms with E-state index in [1.54, 1.807) is 30.0 Å². The van der Waals surface area contributed by atoms with Gasteiger partial charge in [-0.3, -0.25) is 9.59 Å². The molecule has 11 heteroatoms. The van der Waals surface area contributed by atoms with Crippen LogP contribution in [0.4, 0.5) is 11.8 Å². The van der Waals surface area contributed by atoms with Crippen molar-refractivity contribution in [2.75, 3.05) is 42.9 Å². The second-order valence-electron chi connectivity index (χ2n) is 12.3. The van der Waals surface area contributed by atoms with Gasteiger partial charge >= 0.3 is 0 Å². The van der Waals surface area contributed by atoms with Crippen molar-refractivity contribution in [3.8, 4) is 5.75 Å². The van der Waals surface area contributed by atoms with Crippen LogP contribution in [0.1, 0.15) is 54.7 Å². The third-order valence-electron chi connectivity index (χ3n) is 9.14. The number of likely N-dealkylation sites (tertiary alicyclic amines) is 1. The summed E-state index contributed by atoms with van der Waals surface area (Å²) in [4.78, 5) is 38.4. The summed E-state index contributed by atoms with van der Waals surface area (Å²) in [5, 5.41) is 30.5. The highest BCUT2D eigenvalue weighted by atomic mass is 16.3. The number of amides is 2. The van der Waals surface area contributed by atoms with E-state index in [4.69, 9.17) is 4.98 Å². The molecule has 4 atom stereocenters. The summed E-state index contributed by atoms with van der Waals surface area (Å²) >= 11 is 0. The van der Waals surface area contributed by atoms with Crippen molar-refractivity contribution < 1.29 is 19.8 Å². The number of rotatable bonds is 7. The van der Waals surface area contributed by atoms with Crippen molar-refractivity contribution >= 4 is 23.6 Å². The number of aromatic nitrogens is 2. The highest BCUT2D eigenvalue weighted by Crippen LogP contribution is 2.37. The van der Waals surface area contributed by atoms with Gasteiger partial charge < -0.3 is 36.0 Å². The number of phenols is 1. The van der Waals surface area contributed by atoms with Gasteiger partial charge in [-0.25, -0.2) is 4.98 Å². The van der Waals surface area contributed by atoms with Gasteiger partial charge in [-0.1, -0.05) is 6.07 Å². The van der Waals surface area contributed by atoms with E-state index >= 15 is 0 Å². The third-order valence-corrected chi connectivity index (χ3v) is 9.14. The zero-order chi connectivity index (χ0) is 28.0. The Morgan fingerprint density at radius 2 is 1.88 bits per heavy atom. The summed E-state index contributed by atoms with van der Waals surface area (Å²) in [6.07, 6.45) is 3.43. The zero-order valence-electron chi connectivity index (χ0n) is 23.2. The fourth-order valence-electron chi connectivity index (χ4n) is 6.62. The smallest absolute Gasteiger partial charge is 0.270 e. The molecular formula is C29H39N7O4. The number of aliphatic hydroxyl groups is 1. The van der Waals surface area contributed by atoms with Crippen LogP contribution in [0.2, 0.25) is 0 Å². The summed E-state index contributed by atoms with van der Waals surface area (Å²) in [6.45, 7) is 7.08. The maximum Gasteiger partial charge on any atom is 0.270 e. The summed E-state index contributed by atoms with van der Waals surface area (Å²) in [5.74, 6) is 2.31. The van der Waals surface area contributed by atoms with Gasteiger partial charge in [-0.05, 0) is 67.7 Å². The molecule has 1 aromatic heterocycles. The Hall–Kier alpha value is -3.44. The molecule has 0 radical (unpaired) electrons. The number of carbonyl (C=O) groups is 2. The van der Waals surface area contributed by atoms with E-state index in [0.29, 0.717) is 49.7 Å². The van der Waals surface area contributed by atoms with E-state index in [2.05, 4.69) is 25.8 Å². The normalized spacial score (nSPS) is 26.6. The first kappa shape index (κ1) is 26.8. The molecule has 3 fully saturated rings. The van der Waals surface area contributed by atoms with E-state index < -0.39 is 11.6 Å². The molecule has 1 aromatic carbocycles. The second kappa shape index (κ2) is 10.5. The minimum atomic E-state index is -0.845. The highest BCUT2D eigenvalue weighted by molar-refractivity contribution is 5.93. The molecule has 3 aliphatic heterocycles. The lowest BCUT2D eigenvalue weighted by atomic mass is 9.82. The first-order valence-corrected chi connectivity index (χ1v) is 14.3. The summed E-state index contributed by atoms with van der Waals surface area (Å²) in [6, 6.07) is 7.01. The highest BCUT2D eigenvalue weighted by Gasteiger charge is 2.37. The number of nitrogens with zero attached hydrogens (tertiary/aromatic N) is 4. The number of fused-ring (bicyclic) bond motifs is 3. The minimum Gasteiger partial charge on any atom is -0.508 e. The Labute approximate surface area is 234 Å². The fraction of sp³-hybridized carbons (Fsp3) is 0.586. The molecule has 4 heterocycles. The van der Waals surface area contributed by atoms with E-state index in [1.807, 2.05) is 13.0 Å². The van der Waals surface area contributed by atoms with Crippen molar-refractivity contribution in [1.29, 1.82) is 0 Å². The lowest BCUT2D eigenvalue weighted by Gasteiger charge is -2.40. The number of nitrogens with one attached hydrogen (secondary N) is 3. The Morgan fingerprint density at radius 1 is 1.12 bits per heavy atom. The monoisotopic (exact) mass is 549 g/mol. The van der Waals surface area contributed by atoms with Crippen LogP contribution in [0.15, 0.2) is 24.3 Å². The second-order valence-corrected chi connectivity index (χ2v) is 12.3. The molecule has 2 amide bonds. The number of piperidine rings is 1. The average Bonchev–Trinajstić information content (AvgIpc) is 3.25. The van der Waals surface area contributed by atoms with Gasteiger partial charge in [0.1, 0.15) is 17.3 Å². The van der Waals surface area contributed by atoms with Crippen LogP contribution < -0.4 is 20.9 Å². The van der Waals surface area contributed by atoms with Crippen LogP contribution >= 0.6 is 0 Å². The lowest BCUT2D eigenvalue weighted by molar-refractivity contribution is -0.132. The van der Waals surface area contributed by atoms with E-state index in [1.165, 1.54) is 19.3 Å². The number of benzene rings is 1. The Bertz CT molecular complexity index is 1290. The number of hydrogen-bond acceptors (Lipinski definition) is 9. The standard InChI is InChI=1S/C29H39N7O4/c1-17(37)35-15-22(16-35)32-26-9-24(33-28(34-26)36-13-18-3-4-19(7-18)14-36)27(40)30-12-25(39)29(2)10-20-5-6-23(38)8-21(20)11-31-29/h5-6,8-9,18-19,22,25,31,38-39H,3-4,7,10-16H2,1-2H3,(H,30,40)(H,32,33,34)/t18?,19?,25-,29-/m1/s1. The predicted octanol–water partition coefficient (Wildman–Crippen LogP) is 1.26. The number of aromatic hydroxyl groups is 1. The topological polar surface area (TPSA) is 143 Å². The predicted molar refractivity (Wildman–Crippen MR) is 150 cm³/mol. The number of anilines is 2. The van der Waals surface area contributed by atoms with Crippen LogP contribution in [-0.4, -0.2) is 87.3 Å². The number of aliphatic hydroxyl groups excluding tert-OH is 1. The molecule has 2 saturated heterocycles. The maximum atomic E-state index is 13.4. The zero-order valence-corrected chi connectivity index (χ0v) is 23.2. The van der Waals surface area contributed by atoms with Crippen molar-refractivity contribution in [2.45, 2.75) is 63.8 Å². The number of hydrogen-bond donors (Lipinski definition) is 5. The third kappa shape index (κ3) is 5.44. The Kier molecular flexibility index (Phi) is 7.03. The SMILES string of the molecule is CC(=O)N1CC(Nc2cc(C(=O)NC[C@@H](O)[C@@]3(C)Cc4ccc(O)cc4CN3)nc(N3CC4CCC(C4)C3)n2)C1. The summed E-state index contributed by atoms with van der Waals surface area (Å²) < 4.78 is 0. The van der Waals surface area contributed by atoms with Crippen LogP contribution in [-0.2, 0) is 17.8 Å². The summed E-state index contributed by atoms with van der Waals surface area (Å²) in [5.41, 5.74) is 1.69. The van der Waals surface area contributed by atoms with Crippen LogP contribution in [0.25, 0.3) is 0 Å². The fourth-order valence-corrected chi connectivity index (χ4v) is 6.62. The molecule has 1 aliphatic carbocycles. The molecule has 11 nitrogen and oxygen atoms in total. The largest absolute Gasteiger partial charge is 0.508 e. The van der Waals surface area contributed by atoms with Gasteiger partial charge in [0.15, 0.2) is 0 Å². The molecule has 214 valence electrons. The molecule has 0 spiro atoms. The molecule has 5 N–H and O–H groups in total. The first-order valence-electron chi connectivity index (χ1n) is 14.3. The van der Waals surface area contributed by atoms with E-state index in [-0.39, 0.29) is 35.8 Å². The molecular weight excluding hydrogens is 510 g/mol. The van der Waals surface area contributed by atoms with Crippen LogP contribution in [0.3, 0.4) is 0 Å². The van der Waals surface area contributed by atoms with Crippen molar-refractivity contribution in [3.05, 3.63) is 41.1 Å². The summed E-state index contributed by atoms with van der Waals surface area (Å²) in [7, 11) is 0. The molecule has 2 aromatic rings. The van der Waals surface area contributed by atoms with Gasteiger partial charge in [0, 0.05) is 57.8 Å². The molecule has 40 heavy (non-hydrogen) atoms. The lowest BCUT2D eigenvalue weighted by Crippen LogP contribution is -2.58. The minimum absolute atomic E-state index is 0.0478. The Balaban J connectivity index is 1.15.